The van der Waals surface area contributed by atoms with E-state index in [0.717, 1.165) is 11.8 Å². The van der Waals surface area contributed by atoms with Gasteiger partial charge in [0.15, 0.2) is 0 Å². The SMILES string of the molecule is C=C1NCC2CCCCC12. The van der Waals surface area contributed by atoms with E-state index in [1.54, 1.807) is 0 Å². The Bertz CT molecular complexity index is 151. The zero-order chi connectivity index (χ0) is 6.97. The quantitative estimate of drug-likeness (QED) is 0.537. The van der Waals surface area contributed by atoms with Crippen molar-refractivity contribution in [3.05, 3.63) is 12.3 Å². The molecule has 2 unspecified atom stereocenters. The molecule has 1 heterocycles. The van der Waals surface area contributed by atoms with Crippen molar-refractivity contribution in [1.82, 2.24) is 5.32 Å². The summed E-state index contributed by atoms with van der Waals surface area (Å²) in [5.41, 5.74) is 1.31. The lowest BCUT2D eigenvalue weighted by atomic mass is 9.81. The predicted octanol–water partition coefficient (Wildman–Crippen LogP) is 1.91. The molecule has 10 heavy (non-hydrogen) atoms. The fraction of sp³-hybridized carbons (Fsp3) is 0.778. The topological polar surface area (TPSA) is 12.0 Å². The van der Waals surface area contributed by atoms with Gasteiger partial charge in [0.1, 0.15) is 0 Å². The molecule has 2 fully saturated rings. The third-order valence-electron chi connectivity index (χ3n) is 2.95. The monoisotopic (exact) mass is 137 g/mol. The maximum absolute atomic E-state index is 4.03. The molecule has 0 spiro atoms. The van der Waals surface area contributed by atoms with Gasteiger partial charge in [-0.1, -0.05) is 19.4 Å². The van der Waals surface area contributed by atoms with Crippen LogP contribution in [-0.2, 0) is 0 Å². The van der Waals surface area contributed by atoms with Gasteiger partial charge >= 0.3 is 0 Å². The van der Waals surface area contributed by atoms with Gasteiger partial charge in [0.05, 0.1) is 0 Å². The number of allylic oxidation sites excluding steroid dienone is 1. The average Bonchev–Trinajstić information content (AvgIpc) is 2.34. The molecule has 0 aromatic carbocycles. The van der Waals surface area contributed by atoms with Gasteiger partial charge in [0.25, 0.3) is 0 Å². The van der Waals surface area contributed by atoms with Crippen LogP contribution < -0.4 is 5.32 Å². The molecular formula is C9H15N. The second kappa shape index (κ2) is 2.30. The van der Waals surface area contributed by atoms with E-state index >= 15 is 0 Å². The Hall–Kier alpha value is -0.460. The Balaban J connectivity index is 2.08. The molecule has 1 saturated heterocycles. The van der Waals surface area contributed by atoms with Crippen molar-refractivity contribution in [1.29, 1.82) is 0 Å². The second-order valence-corrected chi connectivity index (χ2v) is 3.56. The van der Waals surface area contributed by atoms with Crippen LogP contribution in [0.1, 0.15) is 25.7 Å². The summed E-state index contributed by atoms with van der Waals surface area (Å²) in [7, 11) is 0. The van der Waals surface area contributed by atoms with Crippen LogP contribution in [0.5, 0.6) is 0 Å². The van der Waals surface area contributed by atoms with Gasteiger partial charge in [-0.15, -0.1) is 0 Å². The van der Waals surface area contributed by atoms with Crippen molar-refractivity contribution < 1.29 is 0 Å². The highest BCUT2D eigenvalue weighted by Crippen LogP contribution is 2.36. The van der Waals surface area contributed by atoms with Crippen molar-refractivity contribution >= 4 is 0 Å². The first-order chi connectivity index (χ1) is 4.88. The molecule has 0 aromatic rings. The summed E-state index contributed by atoms with van der Waals surface area (Å²) >= 11 is 0. The summed E-state index contributed by atoms with van der Waals surface area (Å²) in [6.45, 7) is 5.23. The van der Waals surface area contributed by atoms with Gasteiger partial charge in [-0.3, -0.25) is 0 Å². The highest BCUT2D eigenvalue weighted by atomic mass is 14.9. The van der Waals surface area contributed by atoms with Gasteiger partial charge in [-0.2, -0.15) is 0 Å². The number of hydrogen-bond donors (Lipinski definition) is 1. The lowest BCUT2D eigenvalue weighted by molar-refractivity contribution is 0.316. The highest BCUT2D eigenvalue weighted by molar-refractivity contribution is 5.08. The molecule has 1 aliphatic heterocycles. The van der Waals surface area contributed by atoms with Gasteiger partial charge in [0, 0.05) is 18.2 Å². The summed E-state index contributed by atoms with van der Waals surface area (Å²) in [5.74, 6) is 1.76. The maximum Gasteiger partial charge on any atom is 0.0178 e. The largest absolute Gasteiger partial charge is 0.388 e. The van der Waals surface area contributed by atoms with Gasteiger partial charge < -0.3 is 5.32 Å². The number of nitrogens with one attached hydrogen (secondary N) is 1. The third kappa shape index (κ3) is 0.845. The maximum atomic E-state index is 4.03. The molecule has 1 nitrogen and oxygen atoms in total. The first-order valence-corrected chi connectivity index (χ1v) is 4.30. The standard InChI is InChI=1S/C9H15N/c1-7-9-5-3-2-4-8(9)6-10-7/h8-10H,1-6H2. The Morgan fingerprint density at radius 1 is 1.30 bits per heavy atom. The van der Waals surface area contributed by atoms with Crippen LogP contribution in [0.3, 0.4) is 0 Å². The Morgan fingerprint density at radius 3 is 2.90 bits per heavy atom. The fourth-order valence-corrected chi connectivity index (χ4v) is 2.30. The molecule has 2 aliphatic rings. The van der Waals surface area contributed by atoms with Crippen LogP contribution in [0, 0.1) is 11.8 Å². The van der Waals surface area contributed by atoms with E-state index in [-0.39, 0.29) is 0 Å². The van der Waals surface area contributed by atoms with E-state index < -0.39 is 0 Å². The van der Waals surface area contributed by atoms with Crippen molar-refractivity contribution in [2.45, 2.75) is 25.7 Å². The number of rotatable bonds is 0. The van der Waals surface area contributed by atoms with Crippen LogP contribution in [-0.4, -0.2) is 6.54 Å². The van der Waals surface area contributed by atoms with E-state index in [2.05, 4.69) is 11.9 Å². The van der Waals surface area contributed by atoms with E-state index in [9.17, 15) is 0 Å². The van der Waals surface area contributed by atoms with Crippen LogP contribution in [0.25, 0.3) is 0 Å². The Morgan fingerprint density at radius 2 is 2.10 bits per heavy atom. The summed E-state index contributed by atoms with van der Waals surface area (Å²) in [6, 6.07) is 0. The molecule has 1 N–H and O–H groups in total. The van der Waals surface area contributed by atoms with Crippen LogP contribution in [0.15, 0.2) is 12.3 Å². The zero-order valence-corrected chi connectivity index (χ0v) is 6.40. The van der Waals surface area contributed by atoms with Crippen molar-refractivity contribution in [3.63, 3.8) is 0 Å². The second-order valence-electron chi connectivity index (χ2n) is 3.56. The minimum absolute atomic E-state index is 0.828. The van der Waals surface area contributed by atoms with Gasteiger partial charge in [-0.25, -0.2) is 0 Å². The normalized spacial score (nSPS) is 39.0. The molecule has 1 aliphatic carbocycles. The smallest absolute Gasteiger partial charge is 0.0178 e. The van der Waals surface area contributed by atoms with Crippen molar-refractivity contribution in [3.8, 4) is 0 Å². The minimum atomic E-state index is 0.828. The van der Waals surface area contributed by atoms with E-state index in [0.29, 0.717) is 0 Å². The molecular weight excluding hydrogens is 122 g/mol. The highest BCUT2D eigenvalue weighted by Gasteiger charge is 2.31. The summed E-state index contributed by atoms with van der Waals surface area (Å²) in [6.07, 6.45) is 5.67. The van der Waals surface area contributed by atoms with Crippen molar-refractivity contribution in [2.24, 2.45) is 11.8 Å². The molecule has 56 valence electrons. The van der Waals surface area contributed by atoms with Crippen LogP contribution >= 0.6 is 0 Å². The molecule has 0 radical (unpaired) electrons. The molecule has 0 amide bonds. The molecule has 2 rings (SSSR count). The minimum Gasteiger partial charge on any atom is -0.388 e. The summed E-state index contributed by atoms with van der Waals surface area (Å²) < 4.78 is 0. The summed E-state index contributed by atoms with van der Waals surface area (Å²) in [4.78, 5) is 0. The van der Waals surface area contributed by atoms with Crippen molar-refractivity contribution in [2.75, 3.05) is 6.54 Å². The molecule has 2 atom stereocenters. The van der Waals surface area contributed by atoms with Gasteiger partial charge in [0.2, 0.25) is 0 Å². The van der Waals surface area contributed by atoms with Gasteiger partial charge in [-0.05, 0) is 18.8 Å². The van der Waals surface area contributed by atoms with Crippen LogP contribution in [0.4, 0.5) is 0 Å². The van der Waals surface area contributed by atoms with Crippen LogP contribution in [0.2, 0.25) is 0 Å². The Kier molecular flexibility index (Phi) is 1.44. The first kappa shape index (κ1) is 6.26. The molecule has 0 aromatic heterocycles. The number of fused-ring (bicyclic) bond motifs is 1. The summed E-state index contributed by atoms with van der Waals surface area (Å²) in [5, 5.41) is 3.37. The zero-order valence-electron chi connectivity index (χ0n) is 6.40. The average molecular weight is 137 g/mol. The molecule has 1 saturated carbocycles. The fourth-order valence-electron chi connectivity index (χ4n) is 2.30. The lowest BCUT2D eigenvalue weighted by Gasteiger charge is -2.23. The first-order valence-electron chi connectivity index (χ1n) is 4.30. The molecule has 1 heteroatoms. The Labute approximate surface area is 62.5 Å². The lowest BCUT2D eigenvalue weighted by Crippen LogP contribution is -2.15. The van der Waals surface area contributed by atoms with E-state index in [1.165, 1.54) is 37.9 Å². The van der Waals surface area contributed by atoms with E-state index in [1.807, 2.05) is 0 Å². The third-order valence-corrected chi connectivity index (χ3v) is 2.95. The molecule has 0 bridgehead atoms. The number of hydrogen-bond acceptors (Lipinski definition) is 1. The van der Waals surface area contributed by atoms with E-state index in [4.69, 9.17) is 0 Å². The predicted molar refractivity (Wildman–Crippen MR) is 42.6 cm³/mol.